The third-order valence-corrected chi connectivity index (χ3v) is 12.6. The van der Waals surface area contributed by atoms with E-state index in [1.807, 2.05) is 36.4 Å². The van der Waals surface area contributed by atoms with Gasteiger partial charge >= 0.3 is 0 Å². The van der Waals surface area contributed by atoms with E-state index in [-0.39, 0.29) is 5.41 Å². The highest BCUT2D eigenvalue weighted by Gasteiger charge is 2.38. The molecule has 0 aliphatic heterocycles. The van der Waals surface area contributed by atoms with Gasteiger partial charge in [0.2, 0.25) is 0 Å². The number of hydrogen-bond acceptors (Lipinski definition) is 3. The molecule has 11 aromatic rings. The van der Waals surface area contributed by atoms with E-state index in [1.54, 1.807) is 0 Å². The zero-order valence-corrected chi connectivity index (χ0v) is 33.3. The fraction of sp³-hybridized carbons (Fsp3) is 0.0536. The minimum Gasteiger partial charge on any atom is -0.308 e. The first kappa shape index (κ1) is 34.4. The largest absolute Gasteiger partial charge is 0.308 e. The van der Waals surface area contributed by atoms with E-state index in [9.17, 15) is 0 Å². The Morgan fingerprint density at radius 2 is 0.917 bits per heavy atom. The topological polar surface area (TPSA) is 43.6 Å². The van der Waals surface area contributed by atoms with Crippen molar-refractivity contribution in [2.24, 2.45) is 0 Å². The molecule has 0 radical (unpaired) electrons. The van der Waals surface area contributed by atoms with Gasteiger partial charge in [-0.2, -0.15) is 0 Å². The molecule has 0 saturated heterocycles. The number of aromatic nitrogens is 4. The van der Waals surface area contributed by atoms with Gasteiger partial charge in [-0.1, -0.05) is 184 Å². The number of para-hydroxylation sites is 1. The van der Waals surface area contributed by atoms with Crippen LogP contribution in [-0.4, -0.2) is 19.5 Å². The number of nitrogens with zero attached hydrogens (tertiary/aromatic N) is 4. The van der Waals surface area contributed by atoms with E-state index in [2.05, 4.69) is 176 Å². The van der Waals surface area contributed by atoms with Crippen molar-refractivity contribution in [3.8, 4) is 62.1 Å². The lowest BCUT2D eigenvalue weighted by molar-refractivity contribution is 0.667. The number of benzene rings is 9. The molecule has 0 N–H and O–H groups in total. The fourth-order valence-corrected chi connectivity index (χ4v) is 9.85. The van der Waals surface area contributed by atoms with Crippen molar-refractivity contribution in [1.29, 1.82) is 0 Å². The van der Waals surface area contributed by atoms with Gasteiger partial charge in [0, 0.05) is 43.8 Å². The van der Waals surface area contributed by atoms with Crippen LogP contribution in [0.25, 0.3) is 105 Å². The summed E-state index contributed by atoms with van der Waals surface area (Å²) in [6, 6.07) is 69.5. The van der Waals surface area contributed by atoms with Gasteiger partial charge in [0.05, 0.1) is 16.7 Å². The molecule has 1 aliphatic carbocycles. The smallest absolute Gasteiger partial charge is 0.164 e. The Balaban J connectivity index is 1.18. The van der Waals surface area contributed by atoms with Crippen LogP contribution < -0.4 is 0 Å². The van der Waals surface area contributed by atoms with Gasteiger partial charge in [-0.25, -0.2) is 15.0 Å². The molecule has 4 nitrogen and oxygen atoms in total. The molecule has 0 bridgehead atoms. The first-order chi connectivity index (χ1) is 29.5. The fourth-order valence-electron chi connectivity index (χ4n) is 9.85. The minimum atomic E-state index is -0.208. The molecule has 0 spiro atoms. The molecule has 2 heterocycles. The van der Waals surface area contributed by atoms with Crippen molar-refractivity contribution < 1.29 is 0 Å². The highest BCUT2D eigenvalue weighted by atomic mass is 15.0. The molecule has 0 fully saturated rings. The second kappa shape index (κ2) is 13.2. The molecule has 0 unspecified atom stereocenters. The lowest BCUT2D eigenvalue weighted by atomic mass is 9.80. The summed E-state index contributed by atoms with van der Waals surface area (Å²) in [6.07, 6.45) is 0. The van der Waals surface area contributed by atoms with Crippen molar-refractivity contribution in [2.45, 2.75) is 19.3 Å². The summed E-state index contributed by atoms with van der Waals surface area (Å²) in [4.78, 5) is 15.5. The molecule has 0 amide bonds. The SMILES string of the molecule is CC1(C)c2cc3c(cc2-c2ccc4ccccc4c21)c1ccccc1n3-c1c(-c2ccccc2)cc(-c2nc(-c3ccccc3)nc(-c3ccccc3)n2)c2ccccc12. The predicted molar refractivity (Wildman–Crippen MR) is 248 cm³/mol. The lowest BCUT2D eigenvalue weighted by Crippen LogP contribution is -2.15. The number of hydrogen-bond donors (Lipinski definition) is 0. The van der Waals surface area contributed by atoms with Gasteiger partial charge in [-0.05, 0) is 68.2 Å². The zero-order valence-electron chi connectivity index (χ0n) is 33.3. The Labute approximate surface area is 348 Å². The van der Waals surface area contributed by atoms with E-state index >= 15 is 0 Å². The Morgan fingerprint density at radius 3 is 1.60 bits per heavy atom. The first-order valence-corrected chi connectivity index (χ1v) is 20.6. The highest BCUT2D eigenvalue weighted by Crippen LogP contribution is 2.54. The maximum absolute atomic E-state index is 5.24. The highest BCUT2D eigenvalue weighted by molar-refractivity contribution is 6.15. The average molecular weight is 767 g/mol. The molecule has 12 rings (SSSR count). The molecule has 0 saturated carbocycles. The summed E-state index contributed by atoms with van der Waals surface area (Å²) in [7, 11) is 0. The Hall–Kier alpha value is -7.69. The summed E-state index contributed by atoms with van der Waals surface area (Å²) in [5, 5.41) is 7.26. The maximum Gasteiger partial charge on any atom is 0.164 e. The van der Waals surface area contributed by atoms with Crippen molar-refractivity contribution in [2.75, 3.05) is 0 Å². The van der Waals surface area contributed by atoms with Gasteiger partial charge in [0.25, 0.3) is 0 Å². The van der Waals surface area contributed by atoms with Gasteiger partial charge < -0.3 is 4.57 Å². The van der Waals surface area contributed by atoms with Gasteiger partial charge in [0.1, 0.15) is 0 Å². The second-order valence-electron chi connectivity index (χ2n) is 16.4. The Kier molecular flexibility index (Phi) is 7.54. The first-order valence-electron chi connectivity index (χ1n) is 20.6. The van der Waals surface area contributed by atoms with Crippen molar-refractivity contribution >= 4 is 43.4 Å². The van der Waals surface area contributed by atoms with Gasteiger partial charge in [-0.3, -0.25) is 0 Å². The van der Waals surface area contributed by atoms with Crippen LogP contribution in [0.2, 0.25) is 0 Å². The molecule has 282 valence electrons. The third-order valence-electron chi connectivity index (χ3n) is 12.6. The summed E-state index contributed by atoms with van der Waals surface area (Å²) in [6.45, 7) is 4.79. The van der Waals surface area contributed by atoms with Crippen LogP contribution in [0.3, 0.4) is 0 Å². The lowest BCUT2D eigenvalue weighted by Gasteiger charge is -2.24. The van der Waals surface area contributed by atoms with E-state index in [4.69, 9.17) is 15.0 Å². The number of rotatable bonds is 5. The molecule has 2 aromatic heterocycles. The predicted octanol–water partition coefficient (Wildman–Crippen LogP) is 14.2. The minimum absolute atomic E-state index is 0.208. The summed E-state index contributed by atoms with van der Waals surface area (Å²) >= 11 is 0. The molecule has 60 heavy (non-hydrogen) atoms. The number of fused-ring (bicyclic) bond motifs is 9. The average Bonchev–Trinajstić information content (AvgIpc) is 3.75. The summed E-state index contributed by atoms with van der Waals surface area (Å²) in [5.74, 6) is 1.91. The van der Waals surface area contributed by atoms with Crippen LogP contribution >= 0.6 is 0 Å². The van der Waals surface area contributed by atoms with Crippen LogP contribution in [0.4, 0.5) is 0 Å². The second-order valence-corrected chi connectivity index (χ2v) is 16.4. The van der Waals surface area contributed by atoms with Crippen LogP contribution in [0.1, 0.15) is 25.0 Å². The van der Waals surface area contributed by atoms with E-state index in [0.717, 1.165) is 44.3 Å². The van der Waals surface area contributed by atoms with Crippen molar-refractivity contribution in [3.05, 3.63) is 205 Å². The third kappa shape index (κ3) is 5.14. The van der Waals surface area contributed by atoms with Gasteiger partial charge in [-0.15, -0.1) is 0 Å². The normalized spacial score (nSPS) is 13.0. The quantitative estimate of drug-likeness (QED) is 0.175. The Bertz CT molecular complexity index is 3440. The molecule has 9 aromatic carbocycles. The van der Waals surface area contributed by atoms with E-state index < -0.39 is 0 Å². The summed E-state index contributed by atoms with van der Waals surface area (Å²) < 4.78 is 2.52. The van der Waals surface area contributed by atoms with Crippen molar-refractivity contribution in [1.82, 2.24) is 19.5 Å². The van der Waals surface area contributed by atoms with Crippen LogP contribution in [0.15, 0.2) is 194 Å². The van der Waals surface area contributed by atoms with E-state index in [0.29, 0.717) is 17.5 Å². The summed E-state index contributed by atoms with van der Waals surface area (Å²) in [5.41, 5.74) is 13.7. The maximum atomic E-state index is 5.24. The van der Waals surface area contributed by atoms with Crippen molar-refractivity contribution in [3.63, 3.8) is 0 Å². The monoisotopic (exact) mass is 766 g/mol. The van der Waals surface area contributed by atoms with Crippen LogP contribution in [-0.2, 0) is 5.41 Å². The van der Waals surface area contributed by atoms with Gasteiger partial charge in [0.15, 0.2) is 17.5 Å². The molecule has 1 aliphatic rings. The Morgan fingerprint density at radius 1 is 0.367 bits per heavy atom. The van der Waals surface area contributed by atoms with Crippen LogP contribution in [0.5, 0.6) is 0 Å². The molecule has 4 heteroatoms. The molecular weight excluding hydrogens is 729 g/mol. The standard InChI is InChI=1S/C56H38N4/c1-56(2)48-34-50-46(33-45(48)42-31-30-36-20-12-13-25-39(36)51(42)56)41-27-16-17-29-49(41)60(50)52-43-28-15-14-26-40(43)47(32-44(52)35-18-6-3-7-19-35)55-58-53(37-21-8-4-9-22-37)57-54(59-55)38-23-10-5-11-24-38/h3-34H,1-2H3. The van der Waals surface area contributed by atoms with Crippen LogP contribution in [0, 0.1) is 0 Å². The molecule has 0 atom stereocenters. The molecular formula is C56H38N4. The zero-order chi connectivity index (χ0) is 40.0. The van der Waals surface area contributed by atoms with E-state index in [1.165, 1.54) is 54.8 Å².